The maximum absolute atomic E-state index is 12.3. The van der Waals surface area contributed by atoms with E-state index in [1.165, 1.54) is 25.0 Å². The van der Waals surface area contributed by atoms with Crippen molar-refractivity contribution in [3.05, 3.63) is 35.4 Å². The topological polar surface area (TPSA) is 12.0 Å². The zero-order valence-electron chi connectivity index (χ0n) is 10.1. The van der Waals surface area contributed by atoms with Gasteiger partial charge in [0.25, 0.3) is 6.43 Å². The van der Waals surface area contributed by atoms with E-state index in [-0.39, 0.29) is 5.56 Å². The van der Waals surface area contributed by atoms with Crippen molar-refractivity contribution >= 4 is 0 Å². The fourth-order valence-electron chi connectivity index (χ4n) is 2.06. The summed E-state index contributed by atoms with van der Waals surface area (Å²) >= 11 is 0. The van der Waals surface area contributed by atoms with Crippen LogP contribution in [-0.2, 0) is 6.54 Å². The zero-order valence-corrected chi connectivity index (χ0v) is 10.1. The number of benzene rings is 1. The number of alkyl halides is 2. The minimum Gasteiger partial charge on any atom is -0.312 e. The lowest BCUT2D eigenvalue weighted by molar-refractivity contribution is 0.151. The molecule has 0 heterocycles. The quantitative estimate of drug-likeness (QED) is 0.797. The maximum atomic E-state index is 12.3. The summed E-state index contributed by atoms with van der Waals surface area (Å²) in [5, 5.41) is 3.38. The van der Waals surface area contributed by atoms with Crippen molar-refractivity contribution in [2.45, 2.75) is 32.7 Å². The van der Waals surface area contributed by atoms with Gasteiger partial charge >= 0.3 is 0 Å². The van der Waals surface area contributed by atoms with Gasteiger partial charge < -0.3 is 5.32 Å². The molecule has 1 aliphatic carbocycles. The molecule has 0 amide bonds. The van der Waals surface area contributed by atoms with Crippen molar-refractivity contribution in [2.24, 2.45) is 11.8 Å². The van der Waals surface area contributed by atoms with E-state index in [4.69, 9.17) is 0 Å². The van der Waals surface area contributed by atoms with Crippen molar-refractivity contribution < 1.29 is 8.78 Å². The largest absolute Gasteiger partial charge is 0.312 e. The van der Waals surface area contributed by atoms with Gasteiger partial charge in [-0.05, 0) is 36.8 Å². The summed E-state index contributed by atoms with van der Waals surface area (Å²) in [6.07, 6.45) is 0.365. The lowest BCUT2D eigenvalue weighted by Crippen LogP contribution is -2.21. The molecule has 94 valence electrons. The predicted molar refractivity (Wildman–Crippen MR) is 65.0 cm³/mol. The first-order valence-corrected chi connectivity index (χ1v) is 6.24. The molecule has 3 heteroatoms. The Morgan fingerprint density at radius 1 is 1.24 bits per heavy atom. The van der Waals surface area contributed by atoms with Crippen LogP contribution < -0.4 is 5.32 Å². The van der Waals surface area contributed by atoms with Crippen molar-refractivity contribution in [2.75, 3.05) is 6.54 Å². The molecule has 0 aliphatic heterocycles. The van der Waals surface area contributed by atoms with Crippen LogP contribution >= 0.6 is 0 Å². The van der Waals surface area contributed by atoms with E-state index in [0.717, 1.165) is 30.5 Å². The summed E-state index contributed by atoms with van der Waals surface area (Å²) in [6.45, 7) is 4.05. The van der Waals surface area contributed by atoms with Crippen LogP contribution in [0.3, 0.4) is 0 Å². The molecule has 0 saturated heterocycles. The van der Waals surface area contributed by atoms with Gasteiger partial charge in [-0.25, -0.2) is 8.78 Å². The van der Waals surface area contributed by atoms with E-state index in [1.807, 2.05) is 0 Å². The molecule has 1 aromatic carbocycles. The number of halogens is 2. The van der Waals surface area contributed by atoms with E-state index < -0.39 is 6.43 Å². The highest BCUT2D eigenvalue weighted by Crippen LogP contribution is 2.36. The molecule has 1 aliphatic rings. The van der Waals surface area contributed by atoms with Crippen molar-refractivity contribution in [1.29, 1.82) is 0 Å². The summed E-state index contributed by atoms with van der Waals surface area (Å²) in [4.78, 5) is 0. The molecule has 0 aromatic heterocycles. The van der Waals surface area contributed by atoms with Crippen LogP contribution in [0.15, 0.2) is 24.3 Å². The van der Waals surface area contributed by atoms with Crippen LogP contribution in [0.1, 0.15) is 37.3 Å². The Kier molecular flexibility index (Phi) is 4.11. The molecule has 2 rings (SSSR count). The molecule has 1 nitrogen and oxygen atoms in total. The minimum atomic E-state index is -2.37. The normalized spacial score (nSPS) is 17.4. The van der Waals surface area contributed by atoms with Gasteiger partial charge in [0.05, 0.1) is 0 Å². The molecule has 1 fully saturated rings. The summed E-state index contributed by atoms with van der Waals surface area (Å²) in [5.41, 5.74) is 1.16. The van der Waals surface area contributed by atoms with Gasteiger partial charge in [-0.3, -0.25) is 0 Å². The van der Waals surface area contributed by atoms with Crippen LogP contribution in [0.25, 0.3) is 0 Å². The second kappa shape index (κ2) is 5.58. The molecule has 0 spiro atoms. The summed E-state index contributed by atoms with van der Waals surface area (Å²) in [7, 11) is 0. The summed E-state index contributed by atoms with van der Waals surface area (Å²) in [6, 6.07) is 6.56. The average Bonchev–Trinajstić information content (AvgIpc) is 3.13. The maximum Gasteiger partial charge on any atom is 0.263 e. The summed E-state index contributed by atoms with van der Waals surface area (Å²) < 4.78 is 24.7. The second-order valence-electron chi connectivity index (χ2n) is 4.99. The van der Waals surface area contributed by atoms with E-state index in [2.05, 4.69) is 12.2 Å². The zero-order chi connectivity index (χ0) is 12.3. The third-order valence-corrected chi connectivity index (χ3v) is 3.45. The minimum absolute atomic E-state index is 0.0973. The first-order chi connectivity index (χ1) is 8.16. The van der Waals surface area contributed by atoms with Gasteiger partial charge in [0.1, 0.15) is 0 Å². The van der Waals surface area contributed by atoms with Crippen LogP contribution in [0.5, 0.6) is 0 Å². The molecule has 17 heavy (non-hydrogen) atoms. The Labute approximate surface area is 101 Å². The second-order valence-corrected chi connectivity index (χ2v) is 4.99. The van der Waals surface area contributed by atoms with Gasteiger partial charge in [-0.15, -0.1) is 0 Å². The smallest absolute Gasteiger partial charge is 0.263 e. The number of nitrogens with one attached hydrogen (secondary N) is 1. The SMILES string of the molecule is CC(CNCc1ccc(C(F)F)cc1)C1CC1. The number of hydrogen-bond acceptors (Lipinski definition) is 1. The monoisotopic (exact) mass is 239 g/mol. The Balaban J connectivity index is 1.74. The number of rotatable bonds is 6. The molecule has 1 atom stereocenters. The van der Waals surface area contributed by atoms with E-state index in [0.29, 0.717) is 0 Å². The fraction of sp³-hybridized carbons (Fsp3) is 0.571. The molecule has 0 bridgehead atoms. The Morgan fingerprint density at radius 2 is 1.88 bits per heavy atom. The molecular formula is C14H19F2N. The van der Waals surface area contributed by atoms with Crippen LogP contribution in [0.4, 0.5) is 8.78 Å². The van der Waals surface area contributed by atoms with Gasteiger partial charge in [0.2, 0.25) is 0 Å². The van der Waals surface area contributed by atoms with Gasteiger partial charge in [0.15, 0.2) is 0 Å². The standard InChI is InChI=1S/C14H19F2N/c1-10(12-6-7-12)8-17-9-11-2-4-13(5-3-11)14(15)16/h2-5,10,12,14,17H,6-9H2,1H3. The Bertz CT molecular complexity index is 344. The fourth-order valence-corrected chi connectivity index (χ4v) is 2.06. The van der Waals surface area contributed by atoms with Gasteiger partial charge in [-0.1, -0.05) is 31.2 Å². The van der Waals surface area contributed by atoms with Crippen LogP contribution in [0.2, 0.25) is 0 Å². The first-order valence-electron chi connectivity index (χ1n) is 6.24. The van der Waals surface area contributed by atoms with Crippen molar-refractivity contribution in [1.82, 2.24) is 5.32 Å². The Morgan fingerprint density at radius 3 is 2.41 bits per heavy atom. The molecule has 1 aromatic rings. The third-order valence-electron chi connectivity index (χ3n) is 3.45. The highest BCUT2D eigenvalue weighted by atomic mass is 19.3. The van der Waals surface area contributed by atoms with Crippen LogP contribution in [-0.4, -0.2) is 6.54 Å². The third kappa shape index (κ3) is 3.77. The predicted octanol–water partition coefficient (Wildman–Crippen LogP) is 3.76. The average molecular weight is 239 g/mol. The van der Waals surface area contributed by atoms with Gasteiger partial charge in [-0.2, -0.15) is 0 Å². The van der Waals surface area contributed by atoms with E-state index in [9.17, 15) is 8.78 Å². The lowest BCUT2D eigenvalue weighted by Gasteiger charge is -2.11. The lowest BCUT2D eigenvalue weighted by atomic mass is 10.1. The van der Waals surface area contributed by atoms with Gasteiger partial charge in [0, 0.05) is 12.1 Å². The van der Waals surface area contributed by atoms with Crippen LogP contribution in [0, 0.1) is 11.8 Å². The molecule has 1 unspecified atom stereocenters. The molecule has 1 N–H and O–H groups in total. The van der Waals surface area contributed by atoms with Crippen molar-refractivity contribution in [3.63, 3.8) is 0 Å². The molecular weight excluding hydrogens is 220 g/mol. The first kappa shape index (κ1) is 12.5. The Hall–Kier alpha value is -0.960. The highest BCUT2D eigenvalue weighted by Gasteiger charge is 2.27. The van der Waals surface area contributed by atoms with E-state index in [1.54, 1.807) is 12.1 Å². The molecule has 0 radical (unpaired) electrons. The van der Waals surface area contributed by atoms with Crippen molar-refractivity contribution in [3.8, 4) is 0 Å². The summed E-state index contributed by atoms with van der Waals surface area (Å²) in [5.74, 6) is 1.64. The highest BCUT2D eigenvalue weighted by molar-refractivity contribution is 5.23. The number of hydrogen-bond donors (Lipinski definition) is 1. The molecule has 1 saturated carbocycles. The van der Waals surface area contributed by atoms with E-state index >= 15 is 0 Å².